The topological polar surface area (TPSA) is 65.7 Å². The second-order valence-corrected chi connectivity index (χ2v) is 6.94. The van der Waals surface area contributed by atoms with Crippen molar-refractivity contribution < 1.29 is 14.3 Å². The Hall–Kier alpha value is -1.18. The molecule has 2 heterocycles. The van der Waals surface area contributed by atoms with Gasteiger partial charge in [0.05, 0.1) is 18.3 Å². The summed E-state index contributed by atoms with van der Waals surface area (Å²) in [6, 6.07) is 1.74. The van der Waals surface area contributed by atoms with Gasteiger partial charge in [-0.3, -0.25) is 0 Å². The molecule has 120 valence electrons. The van der Waals surface area contributed by atoms with E-state index in [0.29, 0.717) is 21.5 Å². The van der Waals surface area contributed by atoms with Gasteiger partial charge in [0.1, 0.15) is 9.76 Å². The van der Waals surface area contributed by atoms with Crippen LogP contribution >= 0.6 is 27.5 Å². The van der Waals surface area contributed by atoms with Gasteiger partial charge >= 0.3 is 5.97 Å². The minimum absolute atomic E-state index is 0.271. The van der Waals surface area contributed by atoms with Crippen molar-refractivity contribution in [3.8, 4) is 0 Å². The first-order valence-electron chi connectivity index (χ1n) is 6.61. The highest BCUT2D eigenvalue weighted by Gasteiger charge is 2.33. The number of ether oxygens (including phenoxy) is 2. The van der Waals surface area contributed by atoms with Crippen LogP contribution in [0.1, 0.15) is 38.1 Å². The summed E-state index contributed by atoms with van der Waals surface area (Å²) in [7, 11) is 1.31. The van der Waals surface area contributed by atoms with Crippen LogP contribution in [-0.2, 0) is 14.3 Å². The summed E-state index contributed by atoms with van der Waals surface area (Å²) in [5.74, 6) is -0.535. The molecule has 0 aliphatic heterocycles. The number of carbonyl (C=O) groups is 1. The molecule has 1 atom stereocenters. The number of rotatable bonds is 3. The molecule has 0 bridgehead atoms. The Morgan fingerprint density at radius 1 is 1.45 bits per heavy atom. The second-order valence-electron chi connectivity index (χ2n) is 5.77. The van der Waals surface area contributed by atoms with E-state index in [1.807, 2.05) is 20.8 Å². The molecule has 0 aliphatic carbocycles. The lowest BCUT2D eigenvalue weighted by molar-refractivity contribution is -0.164. The zero-order valence-corrected chi connectivity index (χ0v) is 15.3. The Morgan fingerprint density at radius 2 is 2.09 bits per heavy atom. The molecule has 22 heavy (non-hydrogen) atoms. The van der Waals surface area contributed by atoms with Crippen molar-refractivity contribution in [2.45, 2.75) is 39.4 Å². The monoisotopic (exact) mass is 389 g/mol. The lowest BCUT2D eigenvalue weighted by atomic mass is 10.1. The van der Waals surface area contributed by atoms with Crippen molar-refractivity contribution in [2.24, 2.45) is 0 Å². The summed E-state index contributed by atoms with van der Waals surface area (Å²) < 4.78 is 12.7. The first kappa shape index (κ1) is 17.2. The smallest absolute Gasteiger partial charge is 0.339 e. The van der Waals surface area contributed by atoms with Gasteiger partial charge in [0.25, 0.3) is 0 Å². The fourth-order valence-corrected chi connectivity index (χ4v) is 2.77. The van der Waals surface area contributed by atoms with E-state index < -0.39 is 17.7 Å². The molecule has 0 spiro atoms. The maximum absolute atomic E-state index is 12.2. The molecule has 0 amide bonds. The number of aromatic nitrogens is 3. The largest absolute Gasteiger partial charge is 0.467 e. The second kappa shape index (κ2) is 6.14. The van der Waals surface area contributed by atoms with Gasteiger partial charge in [-0.2, -0.15) is 5.10 Å². The summed E-state index contributed by atoms with van der Waals surface area (Å²) >= 11 is 9.72. The highest BCUT2D eigenvalue weighted by molar-refractivity contribution is 9.10. The molecule has 0 aliphatic rings. The van der Waals surface area contributed by atoms with Crippen molar-refractivity contribution in [1.29, 1.82) is 0 Å². The van der Waals surface area contributed by atoms with Crippen LogP contribution in [0.2, 0.25) is 5.15 Å². The molecule has 0 saturated heterocycles. The number of hydrogen-bond acceptors (Lipinski definition) is 5. The van der Waals surface area contributed by atoms with Crippen LogP contribution in [0.5, 0.6) is 0 Å². The zero-order chi connectivity index (χ0) is 16.7. The number of halogens is 2. The molecule has 2 aromatic rings. The predicted molar refractivity (Wildman–Crippen MR) is 86.0 cm³/mol. The Balaban J connectivity index is 2.64. The number of carbonyl (C=O) groups excluding carboxylic acids is 1. The Kier molecular flexibility index (Phi) is 4.79. The number of aryl methyl sites for hydroxylation is 1. The van der Waals surface area contributed by atoms with Crippen LogP contribution in [-0.4, -0.2) is 33.3 Å². The fourth-order valence-electron chi connectivity index (χ4n) is 2.05. The van der Waals surface area contributed by atoms with E-state index in [0.717, 1.165) is 0 Å². The molecule has 6 nitrogen and oxygen atoms in total. The van der Waals surface area contributed by atoms with Gasteiger partial charge in [-0.15, -0.1) is 0 Å². The van der Waals surface area contributed by atoms with Gasteiger partial charge in [0, 0.05) is 11.8 Å². The molecule has 2 aromatic heterocycles. The summed E-state index contributed by atoms with van der Waals surface area (Å²) in [5, 5.41) is 4.48. The van der Waals surface area contributed by atoms with Gasteiger partial charge in [0.15, 0.2) is 11.8 Å². The van der Waals surface area contributed by atoms with Crippen molar-refractivity contribution in [3.05, 3.63) is 27.1 Å². The third-order valence-corrected chi connectivity index (χ3v) is 3.64. The molecule has 2 rings (SSSR count). The Bertz CT molecular complexity index is 724. The Labute approximate surface area is 141 Å². The van der Waals surface area contributed by atoms with Gasteiger partial charge in [-0.05, 0) is 43.6 Å². The number of esters is 1. The number of methoxy groups -OCH3 is 1. The maximum atomic E-state index is 12.2. The lowest BCUT2D eigenvalue weighted by Crippen LogP contribution is -2.29. The molecule has 0 aromatic carbocycles. The molecule has 0 radical (unpaired) electrons. The highest BCUT2D eigenvalue weighted by atomic mass is 79.9. The normalized spacial score (nSPS) is 13.4. The summed E-state index contributed by atoms with van der Waals surface area (Å²) in [6.07, 6.45) is -0.975. The van der Waals surface area contributed by atoms with Crippen LogP contribution in [0.25, 0.3) is 5.65 Å². The van der Waals surface area contributed by atoms with E-state index in [2.05, 4.69) is 26.0 Å². The molecule has 8 heteroatoms. The first-order chi connectivity index (χ1) is 10.1. The maximum Gasteiger partial charge on any atom is 0.339 e. The SMILES string of the molecule is COC(=O)C(OC(C)(C)C)c1c(C)nc2cc(Br)nn2c1Cl. The standard InChI is InChI=1S/C14H17BrClN3O3/c1-7-10(11(13(20)21-5)22-14(2,3)4)12(16)19-9(17-7)6-8(15)18-19/h6,11H,1-5H3. The fraction of sp³-hybridized carbons (Fsp3) is 0.500. The third-order valence-electron chi connectivity index (χ3n) is 2.89. The van der Waals surface area contributed by atoms with E-state index in [1.165, 1.54) is 11.6 Å². The van der Waals surface area contributed by atoms with Crippen LogP contribution in [0, 0.1) is 6.92 Å². The van der Waals surface area contributed by atoms with Gasteiger partial charge in [-0.1, -0.05) is 11.6 Å². The van der Waals surface area contributed by atoms with E-state index in [1.54, 1.807) is 13.0 Å². The average molecular weight is 391 g/mol. The van der Waals surface area contributed by atoms with Crippen molar-refractivity contribution in [2.75, 3.05) is 7.11 Å². The molecule has 1 unspecified atom stereocenters. The minimum atomic E-state index is -0.975. The van der Waals surface area contributed by atoms with E-state index in [-0.39, 0.29) is 5.15 Å². The molecular weight excluding hydrogens is 374 g/mol. The van der Waals surface area contributed by atoms with Crippen LogP contribution in [0.3, 0.4) is 0 Å². The molecule has 0 N–H and O–H groups in total. The summed E-state index contributed by atoms with van der Waals surface area (Å²) in [6.45, 7) is 7.32. The Morgan fingerprint density at radius 3 is 2.64 bits per heavy atom. The van der Waals surface area contributed by atoms with Crippen molar-refractivity contribution in [3.63, 3.8) is 0 Å². The molecule has 0 fully saturated rings. The minimum Gasteiger partial charge on any atom is -0.467 e. The summed E-state index contributed by atoms with van der Waals surface area (Å²) in [5.41, 5.74) is 1.06. The van der Waals surface area contributed by atoms with Crippen molar-refractivity contribution in [1.82, 2.24) is 14.6 Å². The van der Waals surface area contributed by atoms with Gasteiger partial charge in [-0.25, -0.2) is 14.3 Å². The average Bonchev–Trinajstić information content (AvgIpc) is 2.76. The third kappa shape index (κ3) is 3.42. The lowest BCUT2D eigenvalue weighted by Gasteiger charge is -2.27. The summed E-state index contributed by atoms with van der Waals surface area (Å²) in [4.78, 5) is 16.6. The van der Waals surface area contributed by atoms with E-state index in [4.69, 9.17) is 21.1 Å². The number of fused-ring (bicyclic) bond motifs is 1. The van der Waals surface area contributed by atoms with E-state index >= 15 is 0 Å². The highest BCUT2D eigenvalue weighted by Crippen LogP contribution is 2.33. The van der Waals surface area contributed by atoms with Crippen LogP contribution < -0.4 is 0 Å². The predicted octanol–water partition coefficient (Wildman–Crippen LogP) is 3.48. The quantitative estimate of drug-likeness (QED) is 0.593. The zero-order valence-electron chi connectivity index (χ0n) is 13.0. The van der Waals surface area contributed by atoms with Crippen LogP contribution in [0.4, 0.5) is 0 Å². The molecular formula is C14H17BrClN3O3. The van der Waals surface area contributed by atoms with Crippen molar-refractivity contribution >= 4 is 39.1 Å². The van der Waals surface area contributed by atoms with Gasteiger partial charge in [0.2, 0.25) is 0 Å². The van der Waals surface area contributed by atoms with Crippen LogP contribution in [0.15, 0.2) is 10.7 Å². The number of nitrogens with zero attached hydrogens (tertiary/aromatic N) is 3. The van der Waals surface area contributed by atoms with Gasteiger partial charge < -0.3 is 9.47 Å². The molecule has 0 saturated carbocycles. The first-order valence-corrected chi connectivity index (χ1v) is 7.78. The number of hydrogen-bond donors (Lipinski definition) is 0. The van der Waals surface area contributed by atoms with E-state index in [9.17, 15) is 4.79 Å².